The molecule has 1 aliphatic rings. The lowest BCUT2D eigenvalue weighted by atomic mass is 10.1. The largest absolute Gasteiger partial charge is 0.465 e. The van der Waals surface area contributed by atoms with Crippen molar-refractivity contribution < 1.29 is 14.0 Å². The summed E-state index contributed by atoms with van der Waals surface area (Å²) in [6.45, 7) is 6.92. The molecule has 3 rings (SSSR count). The van der Waals surface area contributed by atoms with Crippen molar-refractivity contribution in [2.24, 2.45) is 0 Å². The van der Waals surface area contributed by atoms with Gasteiger partial charge in [-0.05, 0) is 26.0 Å². The lowest BCUT2D eigenvalue weighted by Crippen LogP contribution is -2.56. The van der Waals surface area contributed by atoms with Gasteiger partial charge in [-0.3, -0.25) is 14.5 Å². The molecule has 2 amide bonds. The summed E-state index contributed by atoms with van der Waals surface area (Å²) in [6, 6.07) is 3.31. The van der Waals surface area contributed by atoms with Crippen LogP contribution < -0.4 is 10.6 Å². The molecule has 1 saturated heterocycles. The van der Waals surface area contributed by atoms with Gasteiger partial charge in [0.05, 0.1) is 19.0 Å². The Morgan fingerprint density at radius 2 is 2.30 bits per heavy atom. The van der Waals surface area contributed by atoms with E-state index in [9.17, 15) is 9.59 Å². The van der Waals surface area contributed by atoms with Gasteiger partial charge < -0.3 is 19.6 Å². The highest BCUT2D eigenvalue weighted by atomic mass is 16.3. The molecule has 2 N–H and O–H groups in total. The van der Waals surface area contributed by atoms with Crippen LogP contribution in [0.4, 0.5) is 0 Å². The van der Waals surface area contributed by atoms with Crippen molar-refractivity contribution in [3.8, 4) is 0 Å². The molecule has 2 aromatic heterocycles. The summed E-state index contributed by atoms with van der Waals surface area (Å²) in [4.78, 5) is 26.6. The van der Waals surface area contributed by atoms with Crippen molar-refractivity contribution in [3.05, 3.63) is 35.8 Å². The van der Waals surface area contributed by atoms with Crippen molar-refractivity contribution in [3.63, 3.8) is 0 Å². The normalized spacial score (nSPS) is 17.7. The summed E-state index contributed by atoms with van der Waals surface area (Å²) >= 11 is 0. The second kappa shape index (κ2) is 8.81. The molecule has 1 fully saturated rings. The molecule has 0 aromatic carbocycles. The molecule has 1 unspecified atom stereocenters. The van der Waals surface area contributed by atoms with Crippen molar-refractivity contribution in [1.29, 1.82) is 0 Å². The highest BCUT2D eigenvalue weighted by Crippen LogP contribution is 2.15. The van der Waals surface area contributed by atoms with Gasteiger partial charge in [0, 0.05) is 32.6 Å². The second-order valence-corrected chi connectivity index (χ2v) is 6.63. The molecule has 27 heavy (non-hydrogen) atoms. The number of furan rings is 1. The Kier molecular flexibility index (Phi) is 6.23. The number of nitrogens with one attached hydrogen (secondary N) is 2. The van der Waals surface area contributed by atoms with E-state index in [2.05, 4.69) is 20.8 Å². The van der Waals surface area contributed by atoms with Crippen LogP contribution in [-0.2, 0) is 29.1 Å². The van der Waals surface area contributed by atoms with Crippen LogP contribution >= 0.6 is 0 Å². The zero-order chi connectivity index (χ0) is 19.2. The number of hydrogen-bond acceptors (Lipinski definition) is 6. The Bertz CT molecular complexity index is 784. The fourth-order valence-electron chi connectivity index (χ4n) is 3.24. The molecule has 2 aromatic rings. The first kappa shape index (κ1) is 19.1. The van der Waals surface area contributed by atoms with Crippen LogP contribution in [0.3, 0.4) is 0 Å². The van der Waals surface area contributed by atoms with Crippen LogP contribution in [0.1, 0.15) is 30.7 Å². The SMILES string of the molecule is CCn1cnnc1CCNC(=O)CC1C(=O)NCCN1Cc1ccc(C)o1. The van der Waals surface area contributed by atoms with Crippen molar-refractivity contribution in [1.82, 2.24) is 30.3 Å². The lowest BCUT2D eigenvalue weighted by Gasteiger charge is -2.34. The number of amides is 2. The Labute approximate surface area is 158 Å². The zero-order valence-electron chi connectivity index (χ0n) is 15.8. The van der Waals surface area contributed by atoms with Gasteiger partial charge in [0.1, 0.15) is 23.7 Å². The third kappa shape index (κ3) is 4.94. The smallest absolute Gasteiger partial charge is 0.237 e. The number of carbonyl (C=O) groups is 2. The van der Waals surface area contributed by atoms with E-state index in [1.165, 1.54) is 0 Å². The standard InChI is InChI=1S/C18H26N6O3/c1-3-23-12-21-22-16(23)6-7-19-17(25)10-15-18(26)20-8-9-24(15)11-14-5-4-13(2)27-14/h4-5,12,15H,3,6-11H2,1-2H3,(H,19,25)(H,20,26). The molecule has 146 valence electrons. The summed E-state index contributed by atoms with van der Waals surface area (Å²) in [5.74, 6) is 2.20. The van der Waals surface area contributed by atoms with Gasteiger partial charge in [0.25, 0.3) is 0 Å². The molecule has 9 nitrogen and oxygen atoms in total. The van der Waals surface area contributed by atoms with Gasteiger partial charge in [-0.1, -0.05) is 0 Å². The van der Waals surface area contributed by atoms with Gasteiger partial charge >= 0.3 is 0 Å². The van der Waals surface area contributed by atoms with Crippen LogP contribution in [0, 0.1) is 6.92 Å². The van der Waals surface area contributed by atoms with E-state index in [1.54, 1.807) is 6.33 Å². The van der Waals surface area contributed by atoms with E-state index in [0.717, 1.165) is 23.9 Å². The first-order valence-corrected chi connectivity index (χ1v) is 9.27. The summed E-state index contributed by atoms with van der Waals surface area (Å²) in [6.07, 6.45) is 2.40. The van der Waals surface area contributed by atoms with Crippen molar-refractivity contribution >= 4 is 11.8 Å². The molecular formula is C18H26N6O3. The average Bonchev–Trinajstić information content (AvgIpc) is 3.26. The Hall–Kier alpha value is -2.68. The van der Waals surface area contributed by atoms with Crippen molar-refractivity contribution in [2.75, 3.05) is 19.6 Å². The zero-order valence-corrected chi connectivity index (χ0v) is 15.8. The first-order valence-electron chi connectivity index (χ1n) is 9.27. The van der Waals surface area contributed by atoms with Gasteiger partial charge in [0.2, 0.25) is 11.8 Å². The Balaban J connectivity index is 1.52. The van der Waals surface area contributed by atoms with Crippen LogP contribution in [0.25, 0.3) is 0 Å². The number of piperazine rings is 1. The predicted octanol–water partition coefficient (Wildman–Crippen LogP) is 0.249. The van der Waals surface area contributed by atoms with E-state index in [0.29, 0.717) is 32.6 Å². The van der Waals surface area contributed by atoms with Crippen LogP contribution in [0.5, 0.6) is 0 Å². The predicted molar refractivity (Wildman–Crippen MR) is 97.7 cm³/mol. The summed E-state index contributed by atoms with van der Waals surface area (Å²) in [5, 5.41) is 13.6. The van der Waals surface area contributed by atoms with Crippen LogP contribution in [-0.4, -0.2) is 57.2 Å². The molecule has 0 spiro atoms. The molecule has 1 aliphatic heterocycles. The minimum atomic E-state index is -0.497. The molecule has 0 bridgehead atoms. The molecular weight excluding hydrogens is 348 g/mol. The van der Waals surface area contributed by atoms with Gasteiger partial charge in [-0.25, -0.2) is 0 Å². The van der Waals surface area contributed by atoms with E-state index in [-0.39, 0.29) is 18.2 Å². The molecule has 1 atom stereocenters. The van der Waals surface area contributed by atoms with E-state index >= 15 is 0 Å². The maximum absolute atomic E-state index is 12.4. The quantitative estimate of drug-likeness (QED) is 0.686. The molecule has 0 aliphatic carbocycles. The van der Waals surface area contributed by atoms with E-state index in [1.807, 2.05) is 35.4 Å². The van der Waals surface area contributed by atoms with Crippen molar-refractivity contribution in [2.45, 2.75) is 45.8 Å². The van der Waals surface area contributed by atoms with Gasteiger partial charge in [-0.2, -0.15) is 0 Å². The third-order valence-electron chi connectivity index (χ3n) is 4.68. The Morgan fingerprint density at radius 3 is 3.04 bits per heavy atom. The number of aryl methyl sites for hydroxylation is 2. The number of carbonyl (C=O) groups excluding carboxylic acids is 2. The lowest BCUT2D eigenvalue weighted by molar-refractivity contribution is -0.134. The molecule has 3 heterocycles. The number of hydrogen-bond donors (Lipinski definition) is 2. The third-order valence-corrected chi connectivity index (χ3v) is 4.68. The Morgan fingerprint density at radius 1 is 1.44 bits per heavy atom. The minimum absolute atomic E-state index is 0.117. The maximum Gasteiger partial charge on any atom is 0.237 e. The molecule has 0 radical (unpaired) electrons. The van der Waals surface area contributed by atoms with Gasteiger partial charge in [0.15, 0.2) is 0 Å². The van der Waals surface area contributed by atoms with E-state index < -0.39 is 6.04 Å². The average molecular weight is 374 g/mol. The number of rotatable bonds is 8. The fraction of sp³-hybridized carbons (Fsp3) is 0.556. The topological polar surface area (TPSA) is 105 Å². The molecule has 0 saturated carbocycles. The summed E-state index contributed by atoms with van der Waals surface area (Å²) in [7, 11) is 0. The summed E-state index contributed by atoms with van der Waals surface area (Å²) in [5.41, 5.74) is 0. The summed E-state index contributed by atoms with van der Waals surface area (Å²) < 4.78 is 7.55. The van der Waals surface area contributed by atoms with E-state index in [4.69, 9.17) is 4.42 Å². The first-order chi connectivity index (χ1) is 13.1. The van der Waals surface area contributed by atoms with Gasteiger partial charge in [-0.15, -0.1) is 10.2 Å². The number of nitrogens with zero attached hydrogens (tertiary/aromatic N) is 4. The second-order valence-electron chi connectivity index (χ2n) is 6.63. The number of aromatic nitrogens is 3. The monoisotopic (exact) mass is 374 g/mol. The van der Waals surface area contributed by atoms with Crippen LogP contribution in [0.2, 0.25) is 0 Å². The minimum Gasteiger partial charge on any atom is -0.465 e. The highest BCUT2D eigenvalue weighted by Gasteiger charge is 2.32. The maximum atomic E-state index is 12.4. The highest BCUT2D eigenvalue weighted by molar-refractivity contribution is 5.88. The fourth-order valence-corrected chi connectivity index (χ4v) is 3.24. The van der Waals surface area contributed by atoms with Crippen LogP contribution in [0.15, 0.2) is 22.9 Å². The molecule has 9 heteroatoms.